The lowest BCUT2D eigenvalue weighted by molar-refractivity contribution is -0.119. The molecule has 0 fully saturated rings. The van der Waals surface area contributed by atoms with Gasteiger partial charge in [-0.15, -0.1) is 0 Å². The Morgan fingerprint density at radius 3 is 2.50 bits per heavy atom. The number of rotatable bonds is 5. The molecule has 0 aliphatic carbocycles. The predicted octanol–water partition coefficient (Wildman–Crippen LogP) is 3.59. The Hall–Kier alpha value is -3.61. The van der Waals surface area contributed by atoms with Gasteiger partial charge in [-0.1, -0.05) is 12.1 Å². The van der Waals surface area contributed by atoms with Gasteiger partial charge in [0.05, 0.1) is 5.56 Å². The van der Waals surface area contributed by atoms with Crippen molar-refractivity contribution in [2.75, 3.05) is 11.9 Å². The molecule has 0 atom stereocenters. The highest BCUT2D eigenvalue weighted by Crippen LogP contribution is 2.25. The van der Waals surface area contributed by atoms with Gasteiger partial charge in [0.2, 0.25) is 5.76 Å². The average Bonchev–Trinajstić information content (AvgIpc) is 3.12. The number of phenolic OH excluding ortho intramolecular Hbond substituents is 1. The van der Waals surface area contributed by atoms with Crippen LogP contribution in [0.2, 0.25) is 0 Å². The smallest absolute Gasteiger partial charge is 0.374 e. The van der Waals surface area contributed by atoms with Crippen LogP contribution in [0.1, 0.15) is 10.6 Å². The van der Waals surface area contributed by atoms with Crippen molar-refractivity contribution >= 4 is 17.6 Å². The van der Waals surface area contributed by atoms with Crippen molar-refractivity contribution in [3.05, 3.63) is 72.2 Å². The SMILES string of the molecule is O=C(COC(=O)c1ccc(-c2ccccc2F)o1)Nc1ccc(O)cc1. The fourth-order valence-corrected chi connectivity index (χ4v) is 2.20. The number of halogens is 1. The van der Waals surface area contributed by atoms with Gasteiger partial charge in [-0.3, -0.25) is 4.79 Å². The summed E-state index contributed by atoms with van der Waals surface area (Å²) < 4.78 is 23.9. The first-order valence-corrected chi connectivity index (χ1v) is 7.63. The van der Waals surface area contributed by atoms with Crippen molar-refractivity contribution in [3.8, 4) is 17.1 Å². The number of amides is 1. The van der Waals surface area contributed by atoms with E-state index in [0.717, 1.165) is 0 Å². The summed E-state index contributed by atoms with van der Waals surface area (Å²) in [4.78, 5) is 23.7. The van der Waals surface area contributed by atoms with Gasteiger partial charge in [-0.25, -0.2) is 9.18 Å². The highest BCUT2D eigenvalue weighted by Gasteiger charge is 2.16. The second-order valence-corrected chi connectivity index (χ2v) is 5.31. The molecule has 0 spiro atoms. The molecule has 0 aliphatic rings. The van der Waals surface area contributed by atoms with Gasteiger partial charge in [0.1, 0.15) is 17.3 Å². The van der Waals surface area contributed by atoms with Gasteiger partial charge in [0.25, 0.3) is 5.91 Å². The van der Waals surface area contributed by atoms with Crippen LogP contribution in [0.25, 0.3) is 11.3 Å². The molecule has 0 saturated carbocycles. The molecule has 132 valence electrons. The van der Waals surface area contributed by atoms with Gasteiger partial charge in [-0.2, -0.15) is 0 Å². The summed E-state index contributed by atoms with van der Waals surface area (Å²) in [6, 6.07) is 14.6. The molecule has 0 saturated heterocycles. The Morgan fingerprint density at radius 1 is 1.04 bits per heavy atom. The molecule has 7 heteroatoms. The van der Waals surface area contributed by atoms with Gasteiger partial charge < -0.3 is 19.6 Å². The van der Waals surface area contributed by atoms with Crippen molar-refractivity contribution in [1.82, 2.24) is 0 Å². The number of benzene rings is 2. The molecule has 6 nitrogen and oxygen atoms in total. The fraction of sp³-hybridized carbons (Fsp3) is 0.0526. The van der Waals surface area contributed by atoms with Crippen molar-refractivity contribution < 1.29 is 28.2 Å². The summed E-state index contributed by atoms with van der Waals surface area (Å²) in [6.45, 7) is -0.518. The van der Waals surface area contributed by atoms with Crippen LogP contribution in [0.3, 0.4) is 0 Å². The maximum absolute atomic E-state index is 13.7. The van der Waals surface area contributed by atoms with E-state index in [1.807, 2.05) is 0 Å². The van der Waals surface area contributed by atoms with E-state index in [1.165, 1.54) is 48.5 Å². The Labute approximate surface area is 147 Å². The van der Waals surface area contributed by atoms with E-state index in [-0.39, 0.29) is 22.8 Å². The fourth-order valence-electron chi connectivity index (χ4n) is 2.20. The van der Waals surface area contributed by atoms with Gasteiger partial charge in [0.15, 0.2) is 6.61 Å². The lowest BCUT2D eigenvalue weighted by atomic mass is 10.1. The van der Waals surface area contributed by atoms with E-state index in [4.69, 9.17) is 9.15 Å². The monoisotopic (exact) mass is 355 g/mol. The highest BCUT2D eigenvalue weighted by molar-refractivity contribution is 5.94. The largest absolute Gasteiger partial charge is 0.508 e. The Bertz CT molecular complexity index is 933. The third kappa shape index (κ3) is 4.07. The van der Waals surface area contributed by atoms with Gasteiger partial charge >= 0.3 is 5.97 Å². The van der Waals surface area contributed by atoms with Crippen molar-refractivity contribution in [3.63, 3.8) is 0 Å². The van der Waals surface area contributed by atoms with Crippen LogP contribution < -0.4 is 5.32 Å². The summed E-state index contributed by atoms with van der Waals surface area (Å²) in [5, 5.41) is 11.7. The van der Waals surface area contributed by atoms with Crippen LogP contribution in [-0.2, 0) is 9.53 Å². The van der Waals surface area contributed by atoms with Crippen LogP contribution in [0.15, 0.2) is 65.1 Å². The molecule has 2 aromatic carbocycles. The third-order valence-corrected chi connectivity index (χ3v) is 3.43. The van der Waals surface area contributed by atoms with Crippen molar-refractivity contribution in [2.45, 2.75) is 0 Å². The number of nitrogens with one attached hydrogen (secondary N) is 1. The summed E-state index contributed by atoms with van der Waals surface area (Å²) in [7, 11) is 0. The first kappa shape index (κ1) is 17.2. The first-order valence-electron chi connectivity index (χ1n) is 7.63. The second-order valence-electron chi connectivity index (χ2n) is 5.31. The van der Waals surface area contributed by atoms with E-state index < -0.39 is 24.3 Å². The first-order chi connectivity index (χ1) is 12.5. The summed E-state index contributed by atoms with van der Waals surface area (Å²) in [5.41, 5.74) is 0.667. The molecule has 1 aromatic heterocycles. The maximum atomic E-state index is 13.7. The van der Waals surface area contributed by atoms with E-state index in [1.54, 1.807) is 12.1 Å². The molecule has 0 unspecified atom stereocenters. The number of hydrogen-bond acceptors (Lipinski definition) is 5. The van der Waals surface area contributed by atoms with Crippen molar-refractivity contribution in [1.29, 1.82) is 0 Å². The van der Waals surface area contributed by atoms with Crippen LogP contribution >= 0.6 is 0 Å². The molecular formula is C19H14FNO5. The van der Waals surface area contributed by atoms with Crippen LogP contribution in [-0.4, -0.2) is 23.6 Å². The quantitative estimate of drug-likeness (QED) is 0.539. The summed E-state index contributed by atoms with van der Waals surface area (Å²) in [5.74, 6) is -1.75. The topological polar surface area (TPSA) is 88.8 Å². The third-order valence-electron chi connectivity index (χ3n) is 3.43. The van der Waals surface area contributed by atoms with E-state index in [9.17, 15) is 19.1 Å². The number of furan rings is 1. The molecule has 2 N–H and O–H groups in total. The molecule has 3 aromatic rings. The number of ether oxygens (including phenoxy) is 1. The highest BCUT2D eigenvalue weighted by atomic mass is 19.1. The Morgan fingerprint density at radius 2 is 1.77 bits per heavy atom. The molecule has 1 amide bonds. The lowest BCUT2D eigenvalue weighted by Gasteiger charge is -2.05. The zero-order valence-corrected chi connectivity index (χ0v) is 13.4. The van der Waals surface area contributed by atoms with E-state index >= 15 is 0 Å². The lowest BCUT2D eigenvalue weighted by Crippen LogP contribution is -2.20. The van der Waals surface area contributed by atoms with E-state index in [2.05, 4.69) is 5.32 Å². The maximum Gasteiger partial charge on any atom is 0.374 e. The van der Waals surface area contributed by atoms with Crippen LogP contribution in [0.4, 0.5) is 10.1 Å². The zero-order chi connectivity index (χ0) is 18.5. The predicted molar refractivity (Wildman–Crippen MR) is 91.1 cm³/mol. The van der Waals surface area contributed by atoms with Gasteiger partial charge in [-0.05, 0) is 48.5 Å². The number of anilines is 1. The van der Waals surface area contributed by atoms with Crippen LogP contribution in [0.5, 0.6) is 5.75 Å². The standard InChI is InChI=1S/C19H14FNO5/c20-15-4-2-1-3-14(15)16-9-10-17(26-16)19(24)25-11-18(23)21-12-5-7-13(22)8-6-12/h1-10,22H,11H2,(H,21,23). The number of hydrogen-bond donors (Lipinski definition) is 2. The van der Waals surface area contributed by atoms with Gasteiger partial charge in [0, 0.05) is 5.69 Å². The summed E-state index contributed by atoms with van der Waals surface area (Å²) in [6.07, 6.45) is 0. The second kappa shape index (κ2) is 7.52. The number of aromatic hydroxyl groups is 1. The number of esters is 1. The molecule has 0 bridgehead atoms. The van der Waals surface area contributed by atoms with Crippen LogP contribution in [0, 0.1) is 5.82 Å². The molecular weight excluding hydrogens is 341 g/mol. The molecule has 0 aliphatic heterocycles. The Kier molecular flexibility index (Phi) is 4.98. The number of carbonyl (C=O) groups excluding carboxylic acids is 2. The minimum atomic E-state index is -0.839. The molecule has 3 rings (SSSR count). The molecule has 26 heavy (non-hydrogen) atoms. The normalized spacial score (nSPS) is 10.3. The Balaban J connectivity index is 1.58. The zero-order valence-electron chi connectivity index (χ0n) is 13.4. The molecule has 1 heterocycles. The van der Waals surface area contributed by atoms with E-state index in [0.29, 0.717) is 5.69 Å². The molecule has 0 radical (unpaired) electrons. The minimum absolute atomic E-state index is 0.0675. The van der Waals surface area contributed by atoms with Crippen molar-refractivity contribution in [2.24, 2.45) is 0 Å². The summed E-state index contributed by atoms with van der Waals surface area (Å²) >= 11 is 0. The average molecular weight is 355 g/mol. The minimum Gasteiger partial charge on any atom is -0.508 e. The number of carbonyl (C=O) groups is 2. The number of phenols is 1.